The first-order valence-corrected chi connectivity index (χ1v) is 5.70. The van der Waals surface area contributed by atoms with Crippen LogP contribution >= 0.6 is 0 Å². The third-order valence-electron chi connectivity index (χ3n) is 3.12. The third kappa shape index (κ3) is 2.27. The topological polar surface area (TPSA) is 27.7 Å². The first-order chi connectivity index (χ1) is 6.85. The van der Waals surface area contributed by atoms with Crippen LogP contribution < -0.4 is 0 Å². The van der Waals surface area contributed by atoms with Gasteiger partial charge in [-0.15, -0.1) is 0 Å². The minimum absolute atomic E-state index is 0.289. The molecule has 2 aliphatic heterocycles. The van der Waals surface area contributed by atoms with E-state index in [4.69, 9.17) is 14.2 Å². The second-order valence-corrected chi connectivity index (χ2v) is 4.30. The third-order valence-corrected chi connectivity index (χ3v) is 3.12. The second-order valence-electron chi connectivity index (χ2n) is 4.30. The standard InChI is InChI=1S/C11H20O3/c1-2-3-10-8-13-11(14-9-10)4-6-12-7-5-11/h10H,2-9H2,1H3. The van der Waals surface area contributed by atoms with Crippen molar-refractivity contribution in [1.82, 2.24) is 0 Å². The maximum atomic E-state index is 5.87. The SMILES string of the molecule is CCCC1COC2(CCOCC2)OC1. The quantitative estimate of drug-likeness (QED) is 0.682. The van der Waals surface area contributed by atoms with Gasteiger partial charge in [0.15, 0.2) is 5.79 Å². The Morgan fingerprint density at radius 2 is 1.79 bits per heavy atom. The average Bonchev–Trinajstić information content (AvgIpc) is 2.24. The van der Waals surface area contributed by atoms with Crippen molar-refractivity contribution >= 4 is 0 Å². The molecule has 2 rings (SSSR count). The summed E-state index contributed by atoms with van der Waals surface area (Å²) in [6, 6.07) is 0. The highest BCUT2D eigenvalue weighted by molar-refractivity contribution is 4.78. The van der Waals surface area contributed by atoms with Crippen LogP contribution in [0.25, 0.3) is 0 Å². The molecule has 2 heterocycles. The first-order valence-electron chi connectivity index (χ1n) is 5.70. The van der Waals surface area contributed by atoms with E-state index < -0.39 is 0 Å². The molecule has 0 atom stereocenters. The molecule has 14 heavy (non-hydrogen) atoms. The van der Waals surface area contributed by atoms with Crippen molar-refractivity contribution in [3.63, 3.8) is 0 Å². The number of hydrogen-bond donors (Lipinski definition) is 0. The minimum atomic E-state index is -0.289. The molecule has 0 aromatic heterocycles. The van der Waals surface area contributed by atoms with E-state index in [2.05, 4.69) is 6.92 Å². The Kier molecular flexibility index (Phi) is 3.42. The van der Waals surface area contributed by atoms with Crippen LogP contribution in [0, 0.1) is 5.92 Å². The summed E-state index contributed by atoms with van der Waals surface area (Å²) in [6.45, 7) is 5.50. The summed E-state index contributed by atoms with van der Waals surface area (Å²) in [6.07, 6.45) is 4.22. The van der Waals surface area contributed by atoms with Gasteiger partial charge in [0.2, 0.25) is 0 Å². The van der Waals surface area contributed by atoms with Gasteiger partial charge < -0.3 is 14.2 Å². The summed E-state index contributed by atoms with van der Waals surface area (Å²) in [5, 5.41) is 0. The van der Waals surface area contributed by atoms with Crippen molar-refractivity contribution in [1.29, 1.82) is 0 Å². The molecule has 0 amide bonds. The Hall–Kier alpha value is -0.120. The molecule has 2 saturated heterocycles. The Labute approximate surface area is 85.7 Å². The van der Waals surface area contributed by atoms with Crippen molar-refractivity contribution < 1.29 is 14.2 Å². The van der Waals surface area contributed by atoms with E-state index in [0.717, 1.165) is 39.3 Å². The van der Waals surface area contributed by atoms with Gasteiger partial charge in [0.1, 0.15) is 0 Å². The Bertz CT molecular complexity index is 165. The number of rotatable bonds is 2. The molecule has 3 nitrogen and oxygen atoms in total. The lowest BCUT2D eigenvalue weighted by molar-refractivity contribution is -0.307. The number of ether oxygens (including phenoxy) is 3. The monoisotopic (exact) mass is 200 g/mol. The van der Waals surface area contributed by atoms with Gasteiger partial charge in [-0.3, -0.25) is 0 Å². The summed E-state index contributed by atoms with van der Waals surface area (Å²) in [5.74, 6) is 0.316. The molecule has 2 aliphatic rings. The highest BCUT2D eigenvalue weighted by Gasteiger charge is 2.38. The van der Waals surface area contributed by atoms with Crippen LogP contribution in [0.2, 0.25) is 0 Å². The molecule has 0 aromatic carbocycles. The smallest absolute Gasteiger partial charge is 0.172 e. The van der Waals surface area contributed by atoms with Gasteiger partial charge >= 0.3 is 0 Å². The largest absolute Gasteiger partial charge is 0.381 e. The van der Waals surface area contributed by atoms with E-state index in [1.807, 2.05) is 0 Å². The molecular formula is C11H20O3. The summed E-state index contributed by atoms with van der Waals surface area (Å²) < 4.78 is 17.1. The molecule has 0 aromatic rings. The minimum Gasteiger partial charge on any atom is -0.381 e. The van der Waals surface area contributed by atoms with Crippen LogP contribution in [0.3, 0.4) is 0 Å². The van der Waals surface area contributed by atoms with Crippen LogP contribution in [-0.4, -0.2) is 32.2 Å². The zero-order valence-electron chi connectivity index (χ0n) is 8.96. The lowest BCUT2D eigenvalue weighted by atomic mass is 10.0. The van der Waals surface area contributed by atoms with Gasteiger partial charge in [-0.2, -0.15) is 0 Å². The van der Waals surface area contributed by atoms with E-state index in [9.17, 15) is 0 Å². The molecular weight excluding hydrogens is 180 g/mol. The fourth-order valence-corrected chi connectivity index (χ4v) is 2.18. The highest BCUT2D eigenvalue weighted by atomic mass is 16.7. The molecule has 0 bridgehead atoms. The van der Waals surface area contributed by atoms with Crippen LogP contribution in [0.4, 0.5) is 0 Å². The Morgan fingerprint density at radius 1 is 1.14 bits per heavy atom. The number of hydrogen-bond acceptors (Lipinski definition) is 3. The zero-order chi connectivity index (χ0) is 9.86. The molecule has 0 radical (unpaired) electrons. The fraction of sp³-hybridized carbons (Fsp3) is 1.00. The molecule has 0 aliphatic carbocycles. The van der Waals surface area contributed by atoms with Gasteiger partial charge in [-0.1, -0.05) is 13.3 Å². The van der Waals surface area contributed by atoms with Crippen LogP contribution in [0.1, 0.15) is 32.6 Å². The van der Waals surface area contributed by atoms with Crippen molar-refractivity contribution in [3.8, 4) is 0 Å². The van der Waals surface area contributed by atoms with Crippen molar-refractivity contribution in [3.05, 3.63) is 0 Å². The van der Waals surface area contributed by atoms with E-state index in [1.54, 1.807) is 0 Å². The lowest BCUT2D eigenvalue weighted by Gasteiger charge is -2.42. The predicted molar refractivity (Wildman–Crippen MR) is 53.1 cm³/mol. The van der Waals surface area contributed by atoms with Crippen molar-refractivity contribution in [2.75, 3.05) is 26.4 Å². The summed E-state index contributed by atoms with van der Waals surface area (Å²) in [4.78, 5) is 0. The van der Waals surface area contributed by atoms with E-state index >= 15 is 0 Å². The molecule has 0 unspecified atom stereocenters. The molecule has 0 N–H and O–H groups in total. The van der Waals surface area contributed by atoms with E-state index in [1.165, 1.54) is 12.8 Å². The summed E-state index contributed by atoms with van der Waals surface area (Å²) in [5.41, 5.74) is 0. The van der Waals surface area contributed by atoms with Crippen LogP contribution in [-0.2, 0) is 14.2 Å². The van der Waals surface area contributed by atoms with Crippen LogP contribution in [0.5, 0.6) is 0 Å². The van der Waals surface area contributed by atoms with Crippen molar-refractivity contribution in [2.24, 2.45) is 5.92 Å². The Balaban J connectivity index is 1.81. The normalized spacial score (nSPS) is 28.1. The van der Waals surface area contributed by atoms with Gasteiger partial charge in [0.05, 0.1) is 26.4 Å². The highest BCUT2D eigenvalue weighted by Crippen LogP contribution is 2.32. The Morgan fingerprint density at radius 3 is 2.36 bits per heavy atom. The maximum Gasteiger partial charge on any atom is 0.172 e. The molecule has 1 spiro atoms. The molecule has 82 valence electrons. The summed E-state index contributed by atoms with van der Waals surface area (Å²) >= 11 is 0. The fourth-order valence-electron chi connectivity index (χ4n) is 2.18. The molecule has 2 fully saturated rings. The second kappa shape index (κ2) is 4.60. The van der Waals surface area contributed by atoms with Crippen molar-refractivity contribution in [2.45, 2.75) is 38.4 Å². The van der Waals surface area contributed by atoms with Gasteiger partial charge in [0.25, 0.3) is 0 Å². The maximum absolute atomic E-state index is 5.87. The predicted octanol–water partition coefficient (Wildman–Crippen LogP) is 1.96. The van der Waals surface area contributed by atoms with Gasteiger partial charge in [-0.05, 0) is 6.42 Å². The van der Waals surface area contributed by atoms with E-state index in [0.29, 0.717) is 5.92 Å². The summed E-state index contributed by atoms with van der Waals surface area (Å²) in [7, 11) is 0. The van der Waals surface area contributed by atoms with Gasteiger partial charge in [0, 0.05) is 18.8 Å². The average molecular weight is 200 g/mol. The van der Waals surface area contributed by atoms with Gasteiger partial charge in [-0.25, -0.2) is 0 Å². The van der Waals surface area contributed by atoms with E-state index in [-0.39, 0.29) is 5.79 Å². The molecule has 3 heteroatoms. The lowest BCUT2D eigenvalue weighted by Crippen LogP contribution is -2.47. The van der Waals surface area contributed by atoms with Crippen LogP contribution in [0.15, 0.2) is 0 Å². The molecule has 0 saturated carbocycles. The first kappa shape index (κ1) is 10.4. The zero-order valence-corrected chi connectivity index (χ0v) is 8.96.